The fourth-order valence-electron chi connectivity index (χ4n) is 1.76. The van der Waals surface area contributed by atoms with Crippen LogP contribution in [0.1, 0.15) is 17.3 Å². The van der Waals surface area contributed by atoms with Gasteiger partial charge in [0.1, 0.15) is 0 Å². The number of nitrogens with one attached hydrogen (secondary N) is 1. The van der Waals surface area contributed by atoms with Gasteiger partial charge in [0.15, 0.2) is 0 Å². The van der Waals surface area contributed by atoms with Crippen LogP contribution in [0, 0.1) is 0 Å². The molecule has 2 aromatic rings. The van der Waals surface area contributed by atoms with Crippen LogP contribution in [0.4, 0.5) is 0 Å². The van der Waals surface area contributed by atoms with E-state index in [4.69, 9.17) is 0 Å². The number of aromatic nitrogens is 2. The number of hydrogen-bond acceptors (Lipinski definition) is 2. The highest BCUT2D eigenvalue weighted by Gasteiger charge is 2.13. The van der Waals surface area contributed by atoms with Gasteiger partial charge in [-0.15, -0.1) is 6.58 Å². The van der Waals surface area contributed by atoms with E-state index in [1.54, 1.807) is 17.2 Å². The van der Waals surface area contributed by atoms with Gasteiger partial charge in [0, 0.05) is 24.0 Å². The standard InChI is InChI=1S/C13H15N3O/c1-3-7-16(4-2)13(17)10-5-6-11-9-14-15-12(11)8-10/h3,5-6,8-9H,1,4,7H2,2H3,(H,14,15). The molecule has 0 aliphatic rings. The summed E-state index contributed by atoms with van der Waals surface area (Å²) in [5.41, 5.74) is 1.55. The van der Waals surface area contributed by atoms with Gasteiger partial charge in [-0.05, 0) is 19.1 Å². The SMILES string of the molecule is C=CCN(CC)C(=O)c1ccc2cn[nH]c2c1. The van der Waals surface area contributed by atoms with Crippen molar-refractivity contribution < 1.29 is 4.79 Å². The van der Waals surface area contributed by atoms with Crippen LogP contribution in [0.15, 0.2) is 37.1 Å². The van der Waals surface area contributed by atoms with Crippen LogP contribution in [0.2, 0.25) is 0 Å². The first-order valence-corrected chi connectivity index (χ1v) is 5.59. The Morgan fingerprint density at radius 3 is 3.12 bits per heavy atom. The van der Waals surface area contributed by atoms with E-state index in [2.05, 4.69) is 16.8 Å². The zero-order valence-corrected chi connectivity index (χ0v) is 9.81. The molecule has 17 heavy (non-hydrogen) atoms. The Hall–Kier alpha value is -2.10. The molecule has 1 N–H and O–H groups in total. The Labute approximate surface area is 99.9 Å². The van der Waals surface area contributed by atoms with Crippen molar-refractivity contribution in [1.29, 1.82) is 0 Å². The second-order valence-corrected chi connectivity index (χ2v) is 3.80. The summed E-state index contributed by atoms with van der Waals surface area (Å²) < 4.78 is 0. The van der Waals surface area contributed by atoms with Crippen molar-refractivity contribution in [2.75, 3.05) is 13.1 Å². The predicted octanol–water partition coefficient (Wildman–Crippen LogP) is 2.21. The smallest absolute Gasteiger partial charge is 0.254 e. The Kier molecular flexibility index (Phi) is 3.23. The molecule has 0 unspecified atom stereocenters. The molecule has 1 amide bonds. The molecule has 0 aliphatic carbocycles. The lowest BCUT2D eigenvalue weighted by Gasteiger charge is -2.18. The van der Waals surface area contributed by atoms with Crippen molar-refractivity contribution >= 4 is 16.8 Å². The summed E-state index contributed by atoms with van der Waals surface area (Å²) in [4.78, 5) is 13.9. The quantitative estimate of drug-likeness (QED) is 0.817. The predicted molar refractivity (Wildman–Crippen MR) is 67.9 cm³/mol. The van der Waals surface area contributed by atoms with Crippen molar-refractivity contribution in [3.05, 3.63) is 42.6 Å². The van der Waals surface area contributed by atoms with Crippen LogP contribution in [0.5, 0.6) is 0 Å². The van der Waals surface area contributed by atoms with E-state index in [1.807, 2.05) is 25.1 Å². The van der Waals surface area contributed by atoms with E-state index >= 15 is 0 Å². The van der Waals surface area contributed by atoms with Gasteiger partial charge in [0.25, 0.3) is 5.91 Å². The first-order chi connectivity index (χ1) is 8.26. The summed E-state index contributed by atoms with van der Waals surface area (Å²) in [5.74, 6) is 0.0175. The first-order valence-electron chi connectivity index (χ1n) is 5.59. The van der Waals surface area contributed by atoms with Crippen molar-refractivity contribution in [3.63, 3.8) is 0 Å². The molecule has 0 aliphatic heterocycles. The first kappa shape index (κ1) is 11.4. The van der Waals surface area contributed by atoms with Gasteiger partial charge in [0.05, 0.1) is 11.7 Å². The van der Waals surface area contributed by atoms with E-state index in [0.717, 1.165) is 10.9 Å². The van der Waals surface area contributed by atoms with Crippen LogP contribution >= 0.6 is 0 Å². The summed E-state index contributed by atoms with van der Waals surface area (Å²) in [6.45, 7) is 6.85. The van der Waals surface area contributed by atoms with Crippen LogP contribution in [0.3, 0.4) is 0 Å². The highest BCUT2D eigenvalue weighted by Crippen LogP contribution is 2.14. The van der Waals surface area contributed by atoms with E-state index in [1.165, 1.54) is 0 Å². The number of carbonyl (C=O) groups is 1. The number of aromatic amines is 1. The molecule has 0 radical (unpaired) electrons. The third-order valence-electron chi connectivity index (χ3n) is 2.71. The molecular weight excluding hydrogens is 214 g/mol. The summed E-state index contributed by atoms with van der Waals surface area (Å²) in [7, 11) is 0. The van der Waals surface area contributed by atoms with Crippen LogP contribution in [-0.4, -0.2) is 34.1 Å². The number of nitrogens with zero attached hydrogens (tertiary/aromatic N) is 2. The molecule has 4 heteroatoms. The molecule has 0 atom stereocenters. The monoisotopic (exact) mass is 229 g/mol. The molecule has 0 fully saturated rings. The molecular formula is C13H15N3O. The number of H-pyrrole nitrogens is 1. The Bertz CT molecular complexity index is 544. The molecule has 2 rings (SSSR count). The van der Waals surface area contributed by atoms with Gasteiger partial charge in [-0.3, -0.25) is 9.89 Å². The Morgan fingerprint density at radius 2 is 2.41 bits per heavy atom. The molecule has 0 saturated heterocycles. The fraction of sp³-hybridized carbons (Fsp3) is 0.231. The van der Waals surface area contributed by atoms with E-state index < -0.39 is 0 Å². The molecule has 1 heterocycles. The third kappa shape index (κ3) is 2.20. The van der Waals surface area contributed by atoms with Crippen molar-refractivity contribution in [1.82, 2.24) is 15.1 Å². The van der Waals surface area contributed by atoms with E-state index in [0.29, 0.717) is 18.7 Å². The lowest BCUT2D eigenvalue weighted by Crippen LogP contribution is -2.30. The van der Waals surface area contributed by atoms with Gasteiger partial charge >= 0.3 is 0 Å². The number of hydrogen-bond donors (Lipinski definition) is 1. The minimum absolute atomic E-state index is 0.0175. The lowest BCUT2D eigenvalue weighted by atomic mass is 10.1. The number of benzene rings is 1. The van der Waals surface area contributed by atoms with Crippen LogP contribution in [-0.2, 0) is 0 Å². The maximum absolute atomic E-state index is 12.2. The minimum Gasteiger partial charge on any atom is -0.335 e. The summed E-state index contributed by atoms with van der Waals surface area (Å²) in [5, 5.41) is 7.81. The average molecular weight is 229 g/mol. The van der Waals surface area contributed by atoms with Crippen LogP contribution in [0.25, 0.3) is 10.9 Å². The van der Waals surface area contributed by atoms with Gasteiger partial charge in [-0.2, -0.15) is 5.10 Å². The Morgan fingerprint density at radius 1 is 1.59 bits per heavy atom. The van der Waals surface area contributed by atoms with Gasteiger partial charge < -0.3 is 4.90 Å². The number of likely N-dealkylation sites (N-methyl/N-ethyl adjacent to an activating group) is 1. The number of amides is 1. The second kappa shape index (κ2) is 4.82. The molecule has 0 spiro atoms. The number of fused-ring (bicyclic) bond motifs is 1. The largest absolute Gasteiger partial charge is 0.335 e. The highest BCUT2D eigenvalue weighted by atomic mass is 16.2. The zero-order valence-electron chi connectivity index (χ0n) is 9.81. The van der Waals surface area contributed by atoms with Gasteiger partial charge in [-0.1, -0.05) is 12.1 Å². The second-order valence-electron chi connectivity index (χ2n) is 3.80. The van der Waals surface area contributed by atoms with Crippen molar-refractivity contribution in [3.8, 4) is 0 Å². The number of rotatable bonds is 4. The molecule has 4 nitrogen and oxygen atoms in total. The Balaban J connectivity index is 2.31. The maximum Gasteiger partial charge on any atom is 0.254 e. The number of carbonyl (C=O) groups excluding carboxylic acids is 1. The molecule has 1 aromatic heterocycles. The molecule has 88 valence electrons. The summed E-state index contributed by atoms with van der Waals surface area (Å²) in [6.07, 6.45) is 3.47. The minimum atomic E-state index is 0.0175. The molecule has 1 aromatic carbocycles. The topological polar surface area (TPSA) is 49.0 Å². The normalized spacial score (nSPS) is 10.4. The highest BCUT2D eigenvalue weighted by molar-refractivity contribution is 5.97. The summed E-state index contributed by atoms with van der Waals surface area (Å²) in [6, 6.07) is 5.55. The van der Waals surface area contributed by atoms with Crippen molar-refractivity contribution in [2.45, 2.75) is 6.92 Å². The van der Waals surface area contributed by atoms with Crippen molar-refractivity contribution in [2.24, 2.45) is 0 Å². The average Bonchev–Trinajstić information content (AvgIpc) is 2.82. The lowest BCUT2D eigenvalue weighted by molar-refractivity contribution is 0.0782. The van der Waals surface area contributed by atoms with Gasteiger partial charge in [-0.25, -0.2) is 0 Å². The maximum atomic E-state index is 12.2. The summed E-state index contributed by atoms with van der Waals surface area (Å²) >= 11 is 0. The van der Waals surface area contributed by atoms with E-state index in [9.17, 15) is 4.79 Å². The zero-order chi connectivity index (χ0) is 12.3. The van der Waals surface area contributed by atoms with E-state index in [-0.39, 0.29) is 5.91 Å². The molecule has 0 saturated carbocycles. The van der Waals surface area contributed by atoms with Crippen LogP contribution < -0.4 is 0 Å². The third-order valence-corrected chi connectivity index (χ3v) is 2.71. The van der Waals surface area contributed by atoms with Gasteiger partial charge in [0.2, 0.25) is 0 Å². The fourth-order valence-corrected chi connectivity index (χ4v) is 1.76. The molecule has 0 bridgehead atoms.